The summed E-state index contributed by atoms with van der Waals surface area (Å²) in [6, 6.07) is 4.31. The van der Waals surface area contributed by atoms with Crippen LogP contribution >= 0.6 is 0 Å². The molecule has 2 aliphatic rings. The first-order valence-corrected chi connectivity index (χ1v) is 10.6. The van der Waals surface area contributed by atoms with E-state index in [-0.39, 0.29) is 30.7 Å². The molecule has 1 aliphatic heterocycles. The monoisotopic (exact) mass is 447 g/mol. The van der Waals surface area contributed by atoms with Gasteiger partial charge in [-0.3, -0.25) is 0 Å². The lowest BCUT2D eigenvalue weighted by Gasteiger charge is -2.26. The van der Waals surface area contributed by atoms with Crippen LogP contribution in [0.3, 0.4) is 0 Å². The van der Waals surface area contributed by atoms with E-state index in [0.717, 1.165) is 17.0 Å². The predicted molar refractivity (Wildman–Crippen MR) is 111 cm³/mol. The Morgan fingerprint density at radius 1 is 1.22 bits per heavy atom. The minimum atomic E-state index is -2.98. The molecule has 0 amide bonds. The van der Waals surface area contributed by atoms with Crippen LogP contribution in [0.25, 0.3) is 11.0 Å². The molecule has 170 valence electrons. The Bertz CT molecular complexity index is 1170. The first-order chi connectivity index (χ1) is 15.4. The van der Waals surface area contributed by atoms with E-state index in [0.29, 0.717) is 17.8 Å². The largest absolute Gasteiger partial charge is 0.487 e. The maximum atomic E-state index is 14.6. The van der Waals surface area contributed by atoms with Gasteiger partial charge in [-0.1, -0.05) is 0 Å². The molecule has 3 heterocycles. The molecule has 1 aromatic carbocycles. The summed E-state index contributed by atoms with van der Waals surface area (Å²) in [5, 5.41) is 25.5. The van der Waals surface area contributed by atoms with Crippen molar-refractivity contribution in [2.45, 2.75) is 57.1 Å². The van der Waals surface area contributed by atoms with E-state index in [2.05, 4.69) is 10.3 Å². The van der Waals surface area contributed by atoms with Crippen molar-refractivity contribution in [2.75, 3.05) is 6.54 Å². The number of aliphatic hydroxyl groups is 2. The average molecular weight is 447 g/mol. The van der Waals surface area contributed by atoms with Crippen LogP contribution in [0, 0.1) is 12.7 Å². The molecule has 3 N–H and O–H groups in total. The number of aromatic nitrogens is 2. The van der Waals surface area contributed by atoms with Crippen molar-refractivity contribution in [3.63, 3.8) is 0 Å². The van der Waals surface area contributed by atoms with Crippen LogP contribution in [0.4, 0.5) is 13.2 Å². The quantitative estimate of drug-likeness (QED) is 0.573. The van der Waals surface area contributed by atoms with Gasteiger partial charge < -0.3 is 24.8 Å². The first-order valence-electron chi connectivity index (χ1n) is 10.6. The highest BCUT2D eigenvalue weighted by atomic mass is 19.3. The molecule has 1 aliphatic carbocycles. The number of alkyl halides is 2. The molecular formula is C23H24F3N3O3. The average Bonchev–Trinajstić information content (AvgIpc) is 3.33. The highest BCUT2D eigenvalue weighted by Gasteiger charge is 2.45. The molecular weight excluding hydrogens is 423 g/mol. The van der Waals surface area contributed by atoms with Gasteiger partial charge in [-0.05, 0) is 49.2 Å². The summed E-state index contributed by atoms with van der Waals surface area (Å²) in [6.45, 7) is 2.73. The van der Waals surface area contributed by atoms with Crippen LogP contribution in [0.1, 0.15) is 41.1 Å². The number of nitrogens with zero attached hydrogens (tertiary/aromatic N) is 2. The molecule has 1 fully saturated rings. The highest BCUT2D eigenvalue weighted by molar-refractivity contribution is 5.79. The Morgan fingerprint density at radius 3 is 2.81 bits per heavy atom. The van der Waals surface area contributed by atoms with Gasteiger partial charge in [0.1, 0.15) is 35.5 Å². The maximum absolute atomic E-state index is 14.6. The minimum absolute atomic E-state index is 0.118. The summed E-state index contributed by atoms with van der Waals surface area (Å²) < 4.78 is 49.3. The molecule has 0 saturated heterocycles. The Morgan fingerprint density at radius 2 is 2.03 bits per heavy atom. The number of halogens is 3. The molecule has 0 radical (unpaired) electrons. The number of fused-ring (bicyclic) bond motifs is 2. The molecule has 6 nitrogen and oxygen atoms in total. The zero-order chi connectivity index (χ0) is 22.6. The van der Waals surface area contributed by atoms with Crippen LogP contribution in [-0.4, -0.2) is 44.6 Å². The van der Waals surface area contributed by atoms with Crippen molar-refractivity contribution in [3.8, 4) is 5.75 Å². The lowest BCUT2D eigenvalue weighted by Crippen LogP contribution is -2.35. The van der Waals surface area contributed by atoms with E-state index in [1.54, 1.807) is 6.20 Å². The number of pyridine rings is 1. The van der Waals surface area contributed by atoms with E-state index in [1.807, 2.05) is 29.8 Å². The number of rotatable bonds is 4. The number of aryl methyl sites for hydroxylation is 1. The third-order valence-electron chi connectivity index (χ3n) is 6.62. The van der Waals surface area contributed by atoms with Crippen LogP contribution < -0.4 is 10.1 Å². The Balaban J connectivity index is 1.48. The topological polar surface area (TPSA) is 79.5 Å². The second-order valence-corrected chi connectivity index (χ2v) is 8.49. The fraction of sp³-hybridized carbons (Fsp3) is 0.435. The maximum Gasteiger partial charge on any atom is 0.266 e. The van der Waals surface area contributed by atoms with Gasteiger partial charge in [-0.25, -0.2) is 18.2 Å². The molecule has 3 aromatic rings. The number of nitrogens with one attached hydrogen (secondary N) is 1. The van der Waals surface area contributed by atoms with Gasteiger partial charge in [0.25, 0.3) is 6.43 Å². The van der Waals surface area contributed by atoms with Gasteiger partial charge in [0, 0.05) is 36.3 Å². The highest BCUT2D eigenvalue weighted by Crippen LogP contribution is 2.40. The van der Waals surface area contributed by atoms with Crippen molar-refractivity contribution in [2.24, 2.45) is 0 Å². The Hall–Kier alpha value is -2.62. The summed E-state index contributed by atoms with van der Waals surface area (Å²) in [5.41, 5.74) is 1.72. The van der Waals surface area contributed by atoms with Crippen LogP contribution in [0.15, 0.2) is 30.6 Å². The van der Waals surface area contributed by atoms with Gasteiger partial charge in [-0.2, -0.15) is 0 Å². The van der Waals surface area contributed by atoms with Crippen molar-refractivity contribution in [3.05, 3.63) is 58.7 Å². The minimum Gasteiger partial charge on any atom is -0.487 e. The van der Waals surface area contributed by atoms with Gasteiger partial charge in [0.2, 0.25) is 0 Å². The second kappa shape index (κ2) is 8.06. The van der Waals surface area contributed by atoms with E-state index in [1.165, 1.54) is 0 Å². The van der Waals surface area contributed by atoms with Crippen molar-refractivity contribution in [1.82, 2.24) is 14.9 Å². The fourth-order valence-electron chi connectivity index (χ4n) is 4.88. The predicted octanol–water partition coefficient (Wildman–Crippen LogP) is 3.18. The van der Waals surface area contributed by atoms with Crippen molar-refractivity contribution in [1.29, 1.82) is 0 Å². The molecule has 5 rings (SSSR count). The number of hydrogen-bond donors (Lipinski definition) is 3. The third-order valence-corrected chi connectivity index (χ3v) is 6.62. The zero-order valence-corrected chi connectivity index (χ0v) is 17.4. The Kier molecular flexibility index (Phi) is 5.35. The molecule has 32 heavy (non-hydrogen) atoms. The van der Waals surface area contributed by atoms with Gasteiger partial charge in [0.05, 0.1) is 11.6 Å². The van der Waals surface area contributed by atoms with Crippen molar-refractivity contribution >= 4 is 11.0 Å². The van der Waals surface area contributed by atoms with Crippen LogP contribution in [0.5, 0.6) is 5.75 Å². The zero-order valence-electron chi connectivity index (χ0n) is 17.4. The number of hydrogen-bond acceptors (Lipinski definition) is 5. The summed E-state index contributed by atoms with van der Waals surface area (Å²) in [6.07, 6.45) is -2.20. The van der Waals surface area contributed by atoms with Crippen LogP contribution in [0.2, 0.25) is 0 Å². The lowest BCUT2D eigenvalue weighted by molar-refractivity contribution is -0.0167. The summed E-state index contributed by atoms with van der Waals surface area (Å²) in [4.78, 5) is 4.41. The summed E-state index contributed by atoms with van der Waals surface area (Å²) in [7, 11) is 0. The molecule has 2 aromatic heterocycles. The molecule has 4 atom stereocenters. The lowest BCUT2D eigenvalue weighted by atomic mass is 9.96. The van der Waals surface area contributed by atoms with Crippen molar-refractivity contribution < 1.29 is 28.1 Å². The van der Waals surface area contributed by atoms with E-state index < -0.39 is 42.2 Å². The standard InChI is InChI=1S/C23H24F3N3O3/c1-11-2-6-28-23-12(11)4-7-29(23)16-9-18(21(31)20(16)30)32-17-8-14(22(25)26)19(24)13-3-5-27-10-15(13)17/h2,4,6-8,16,18,20-22,27,30-31H,3,5,9-10H2,1H3. The first kappa shape index (κ1) is 21.2. The Labute approximate surface area is 182 Å². The van der Waals surface area contributed by atoms with Crippen LogP contribution in [-0.2, 0) is 13.0 Å². The van der Waals surface area contributed by atoms with E-state index in [4.69, 9.17) is 4.74 Å². The molecule has 0 bridgehead atoms. The third kappa shape index (κ3) is 3.35. The summed E-state index contributed by atoms with van der Waals surface area (Å²) >= 11 is 0. The molecule has 4 unspecified atom stereocenters. The number of benzene rings is 1. The van der Waals surface area contributed by atoms with Gasteiger partial charge >= 0.3 is 0 Å². The fourth-order valence-corrected chi connectivity index (χ4v) is 4.88. The SMILES string of the molecule is Cc1ccnc2c1ccn2C1CC(Oc2cc(C(F)F)c(F)c3c2CNCC3)C(O)C1O. The molecule has 0 spiro atoms. The second-order valence-electron chi connectivity index (χ2n) is 8.49. The van der Waals surface area contributed by atoms with E-state index >= 15 is 0 Å². The van der Waals surface area contributed by atoms with Gasteiger partial charge in [-0.15, -0.1) is 0 Å². The summed E-state index contributed by atoms with van der Waals surface area (Å²) in [5.74, 6) is -0.777. The smallest absolute Gasteiger partial charge is 0.266 e. The number of aliphatic hydroxyl groups excluding tert-OH is 2. The normalized spacial score (nSPS) is 25.5. The molecule has 1 saturated carbocycles. The van der Waals surface area contributed by atoms with Gasteiger partial charge in [0.15, 0.2) is 0 Å². The number of ether oxygens (including phenoxy) is 1. The van der Waals surface area contributed by atoms with E-state index in [9.17, 15) is 23.4 Å². The molecule has 9 heteroatoms.